The van der Waals surface area contributed by atoms with Crippen molar-refractivity contribution in [2.24, 2.45) is 11.1 Å². The van der Waals surface area contributed by atoms with E-state index in [9.17, 15) is 13.2 Å². The topological polar surface area (TPSA) is 74.2 Å². The molecule has 0 amide bonds. The zero-order chi connectivity index (χ0) is 16.1. The molecule has 0 saturated carbocycles. The molecular formula is C13H22F3N3O2. The molecule has 1 unspecified atom stereocenters. The number of alkyl halides is 3. The molecule has 1 aromatic rings. The van der Waals surface area contributed by atoms with Crippen LogP contribution in [0.2, 0.25) is 0 Å². The Kier molecular flexibility index (Phi) is 6.15. The average molecular weight is 309 g/mol. The van der Waals surface area contributed by atoms with E-state index in [1.165, 1.54) is 0 Å². The Morgan fingerprint density at radius 2 is 1.95 bits per heavy atom. The first-order valence-electron chi connectivity index (χ1n) is 6.77. The summed E-state index contributed by atoms with van der Waals surface area (Å²) in [6, 6.07) is -0.0974. The molecule has 1 atom stereocenters. The summed E-state index contributed by atoms with van der Waals surface area (Å²) in [5.74, 6) is 0.729. The van der Waals surface area contributed by atoms with Gasteiger partial charge in [-0.25, -0.2) is 0 Å². The lowest BCUT2D eigenvalue weighted by molar-refractivity contribution is -0.173. The van der Waals surface area contributed by atoms with E-state index in [1.54, 1.807) is 0 Å². The Morgan fingerprint density at radius 3 is 2.52 bits per heavy atom. The summed E-state index contributed by atoms with van der Waals surface area (Å²) in [7, 11) is 0. The Bertz CT molecular complexity index is 427. The smallest absolute Gasteiger partial charge is 0.372 e. The van der Waals surface area contributed by atoms with Crippen LogP contribution in [0.25, 0.3) is 0 Å². The third-order valence-corrected chi connectivity index (χ3v) is 2.56. The molecule has 0 aliphatic rings. The molecule has 0 fully saturated rings. The summed E-state index contributed by atoms with van der Waals surface area (Å²) >= 11 is 0. The predicted molar refractivity (Wildman–Crippen MR) is 70.6 cm³/mol. The fourth-order valence-corrected chi connectivity index (χ4v) is 1.91. The molecule has 0 aliphatic heterocycles. The maximum Gasteiger partial charge on any atom is 0.411 e. The first-order valence-corrected chi connectivity index (χ1v) is 6.77. The van der Waals surface area contributed by atoms with Gasteiger partial charge in [-0.3, -0.25) is 0 Å². The lowest BCUT2D eigenvalue weighted by atomic mass is 9.87. The minimum absolute atomic E-state index is 0.0974. The normalized spacial score (nSPS) is 14.4. The van der Waals surface area contributed by atoms with Crippen molar-refractivity contribution in [3.8, 4) is 0 Å². The van der Waals surface area contributed by atoms with Crippen LogP contribution in [0.4, 0.5) is 13.2 Å². The predicted octanol–water partition coefficient (Wildman–Crippen LogP) is 2.50. The second-order valence-corrected chi connectivity index (χ2v) is 6.25. The summed E-state index contributed by atoms with van der Waals surface area (Å²) in [6.07, 6.45) is -2.89. The first kappa shape index (κ1) is 17.9. The van der Waals surface area contributed by atoms with Gasteiger partial charge in [-0.1, -0.05) is 25.9 Å². The van der Waals surface area contributed by atoms with Crippen LogP contribution in [0.15, 0.2) is 4.52 Å². The molecule has 1 rings (SSSR count). The van der Waals surface area contributed by atoms with E-state index in [0.29, 0.717) is 18.1 Å². The minimum atomic E-state index is -4.32. The number of nitrogens with zero attached hydrogens (tertiary/aromatic N) is 2. The van der Waals surface area contributed by atoms with Gasteiger partial charge in [0, 0.05) is 18.9 Å². The second kappa shape index (κ2) is 7.22. The molecule has 0 aliphatic carbocycles. The fourth-order valence-electron chi connectivity index (χ4n) is 1.91. The van der Waals surface area contributed by atoms with Gasteiger partial charge in [0.2, 0.25) is 5.89 Å². The van der Waals surface area contributed by atoms with E-state index in [1.807, 2.05) is 0 Å². The lowest BCUT2D eigenvalue weighted by Crippen LogP contribution is -2.28. The van der Waals surface area contributed by atoms with Gasteiger partial charge < -0.3 is 15.0 Å². The molecule has 0 aromatic carbocycles. The van der Waals surface area contributed by atoms with Crippen molar-refractivity contribution in [1.29, 1.82) is 0 Å². The van der Waals surface area contributed by atoms with Crippen LogP contribution in [0.1, 0.15) is 38.9 Å². The number of aromatic nitrogens is 2. The Hall–Kier alpha value is -1.15. The number of hydrogen-bond acceptors (Lipinski definition) is 5. The molecule has 1 heterocycles. The Morgan fingerprint density at radius 1 is 1.29 bits per heavy atom. The summed E-state index contributed by atoms with van der Waals surface area (Å²) in [5, 5.41) is 3.70. The van der Waals surface area contributed by atoms with Crippen molar-refractivity contribution in [2.45, 2.75) is 52.3 Å². The summed E-state index contributed by atoms with van der Waals surface area (Å²) in [5.41, 5.74) is 6.10. The third kappa shape index (κ3) is 8.67. The van der Waals surface area contributed by atoms with Gasteiger partial charge in [-0.15, -0.1) is 0 Å². The highest BCUT2D eigenvalue weighted by Crippen LogP contribution is 2.21. The molecule has 0 bridgehead atoms. The molecule has 21 heavy (non-hydrogen) atoms. The largest absolute Gasteiger partial charge is 0.411 e. The highest BCUT2D eigenvalue weighted by molar-refractivity contribution is 4.90. The zero-order valence-electron chi connectivity index (χ0n) is 12.5. The molecule has 1 aromatic heterocycles. The van der Waals surface area contributed by atoms with Crippen molar-refractivity contribution >= 4 is 0 Å². The molecule has 8 heteroatoms. The molecule has 0 saturated heterocycles. The Balaban J connectivity index is 2.33. The van der Waals surface area contributed by atoms with Crippen LogP contribution in [0, 0.1) is 5.41 Å². The van der Waals surface area contributed by atoms with Crippen molar-refractivity contribution in [3.05, 3.63) is 11.7 Å². The van der Waals surface area contributed by atoms with E-state index in [-0.39, 0.29) is 24.5 Å². The molecule has 0 radical (unpaired) electrons. The standard InChI is InChI=1S/C13H22F3N3O2/c1-12(2,3)7-9(17)6-11-18-10(19-21-11)4-5-20-8-13(14,15)16/h9H,4-8,17H2,1-3H3. The summed E-state index contributed by atoms with van der Waals surface area (Å²) < 4.78 is 45.1. The number of ether oxygens (including phenoxy) is 1. The van der Waals surface area contributed by atoms with Crippen LogP contribution in [0.5, 0.6) is 0 Å². The van der Waals surface area contributed by atoms with Crippen molar-refractivity contribution in [1.82, 2.24) is 10.1 Å². The van der Waals surface area contributed by atoms with Gasteiger partial charge in [0.25, 0.3) is 0 Å². The van der Waals surface area contributed by atoms with E-state index < -0.39 is 12.8 Å². The molecule has 5 nitrogen and oxygen atoms in total. The quantitative estimate of drug-likeness (QED) is 0.783. The highest BCUT2D eigenvalue weighted by atomic mass is 19.4. The van der Waals surface area contributed by atoms with Crippen LogP contribution >= 0.6 is 0 Å². The van der Waals surface area contributed by atoms with Crippen molar-refractivity contribution in [3.63, 3.8) is 0 Å². The minimum Gasteiger partial charge on any atom is -0.372 e. The maximum atomic E-state index is 11.9. The Labute approximate surface area is 122 Å². The first-order chi connectivity index (χ1) is 9.55. The number of hydrogen-bond donors (Lipinski definition) is 1. The van der Waals surface area contributed by atoms with E-state index in [2.05, 4.69) is 35.6 Å². The fraction of sp³-hybridized carbons (Fsp3) is 0.846. The third-order valence-electron chi connectivity index (χ3n) is 2.56. The molecule has 2 N–H and O–H groups in total. The van der Waals surface area contributed by atoms with Gasteiger partial charge in [-0.05, 0) is 11.8 Å². The number of nitrogens with two attached hydrogens (primary N) is 1. The van der Waals surface area contributed by atoms with Gasteiger partial charge in [0.1, 0.15) is 6.61 Å². The highest BCUT2D eigenvalue weighted by Gasteiger charge is 2.27. The molecule has 122 valence electrons. The zero-order valence-corrected chi connectivity index (χ0v) is 12.5. The SMILES string of the molecule is CC(C)(C)CC(N)Cc1nc(CCOCC(F)(F)F)no1. The van der Waals surface area contributed by atoms with Crippen LogP contribution in [-0.2, 0) is 17.6 Å². The van der Waals surface area contributed by atoms with Gasteiger partial charge >= 0.3 is 6.18 Å². The maximum absolute atomic E-state index is 11.9. The van der Waals surface area contributed by atoms with E-state index in [0.717, 1.165) is 6.42 Å². The molecule has 0 spiro atoms. The second-order valence-electron chi connectivity index (χ2n) is 6.25. The van der Waals surface area contributed by atoms with Crippen molar-refractivity contribution < 1.29 is 22.4 Å². The van der Waals surface area contributed by atoms with Crippen LogP contribution in [-0.4, -0.2) is 35.6 Å². The average Bonchev–Trinajstić information content (AvgIpc) is 2.68. The monoisotopic (exact) mass is 309 g/mol. The lowest BCUT2D eigenvalue weighted by Gasteiger charge is -2.21. The van der Waals surface area contributed by atoms with E-state index >= 15 is 0 Å². The van der Waals surface area contributed by atoms with Crippen molar-refractivity contribution in [2.75, 3.05) is 13.2 Å². The van der Waals surface area contributed by atoms with Gasteiger partial charge in [0.15, 0.2) is 5.82 Å². The van der Waals surface area contributed by atoms with Crippen LogP contribution in [0.3, 0.4) is 0 Å². The van der Waals surface area contributed by atoms with Gasteiger partial charge in [-0.2, -0.15) is 18.2 Å². The van der Waals surface area contributed by atoms with Gasteiger partial charge in [0.05, 0.1) is 6.61 Å². The van der Waals surface area contributed by atoms with Crippen LogP contribution < -0.4 is 5.73 Å². The summed E-state index contributed by atoms with van der Waals surface area (Å²) in [6.45, 7) is 4.89. The molecular weight excluding hydrogens is 287 g/mol. The number of halogens is 3. The summed E-state index contributed by atoms with van der Waals surface area (Å²) in [4.78, 5) is 4.10. The number of rotatable bonds is 7. The van der Waals surface area contributed by atoms with E-state index in [4.69, 9.17) is 10.3 Å².